The van der Waals surface area contributed by atoms with Crippen LogP contribution in [0.1, 0.15) is 56.0 Å². The van der Waals surface area contributed by atoms with E-state index in [1.165, 1.54) is 88.7 Å². The van der Waals surface area contributed by atoms with Crippen molar-refractivity contribution >= 4 is 32.7 Å². The van der Waals surface area contributed by atoms with E-state index in [1.54, 1.807) is 0 Å². The van der Waals surface area contributed by atoms with Gasteiger partial charge in [0, 0.05) is 22.3 Å². The van der Waals surface area contributed by atoms with Crippen molar-refractivity contribution in [3.63, 3.8) is 0 Å². The summed E-state index contributed by atoms with van der Waals surface area (Å²) in [6.45, 7) is 0. The monoisotopic (exact) mass is 788 g/mol. The van der Waals surface area contributed by atoms with Crippen LogP contribution in [0.4, 0.5) is 0 Å². The third-order valence-corrected chi connectivity index (χ3v) is 13.9. The first-order valence-electron chi connectivity index (χ1n) is 21.7. The Morgan fingerprint density at radius 3 is 1.81 bits per heavy atom. The predicted molar refractivity (Wildman–Crippen MR) is 256 cm³/mol. The van der Waals surface area contributed by atoms with Crippen LogP contribution in [0.5, 0.6) is 0 Å². The van der Waals surface area contributed by atoms with E-state index in [9.17, 15) is 0 Å². The van der Waals surface area contributed by atoms with Crippen molar-refractivity contribution in [2.75, 3.05) is 0 Å². The van der Waals surface area contributed by atoms with E-state index in [0.717, 1.165) is 33.9 Å². The zero-order chi connectivity index (χ0) is 40.8. The van der Waals surface area contributed by atoms with Crippen LogP contribution >= 0.6 is 0 Å². The van der Waals surface area contributed by atoms with Crippen molar-refractivity contribution in [1.82, 2.24) is 0 Å². The summed E-state index contributed by atoms with van der Waals surface area (Å²) in [4.78, 5) is 0. The van der Waals surface area contributed by atoms with Crippen molar-refractivity contribution in [3.8, 4) is 33.4 Å². The van der Waals surface area contributed by atoms with E-state index in [0.29, 0.717) is 0 Å². The standard InChI is InChI=1S/C61H40O/c1-4-18-39(19-5-1)58(41-34-35-47-46-26-12-14-32-55(46)61(56(47)37-41,42-21-6-2-7-22-42)43-23-8-3-9-24-43)49-29-16-28-45-52-36-40-20-10-11-25-44(40)59(54(52)38-53(45)49)51-31-17-30-50-48-27-13-15-33-57(48)62-60(50)51/h1-37,58H,38H2. The Labute approximate surface area is 361 Å². The van der Waals surface area contributed by atoms with Crippen LogP contribution in [0.25, 0.3) is 66.1 Å². The lowest BCUT2D eigenvalue weighted by atomic mass is 9.67. The first-order chi connectivity index (χ1) is 30.8. The van der Waals surface area contributed by atoms with Crippen LogP contribution in [0.2, 0.25) is 0 Å². The molecular formula is C61H40O. The molecule has 0 fully saturated rings. The molecule has 62 heavy (non-hydrogen) atoms. The average molecular weight is 789 g/mol. The van der Waals surface area contributed by atoms with Crippen LogP contribution in [-0.4, -0.2) is 0 Å². The fraction of sp³-hybridized carbons (Fsp3) is 0.0492. The number of fused-ring (bicyclic) bond motifs is 10. The van der Waals surface area contributed by atoms with Gasteiger partial charge in [0.2, 0.25) is 0 Å². The molecule has 0 bridgehead atoms. The lowest BCUT2D eigenvalue weighted by Gasteiger charge is -2.34. The van der Waals surface area contributed by atoms with Gasteiger partial charge in [-0.1, -0.05) is 212 Å². The summed E-state index contributed by atoms with van der Waals surface area (Å²) in [5.74, 6) is -0.00427. The maximum atomic E-state index is 6.74. The fourth-order valence-electron chi connectivity index (χ4n) is 11.4. The molecular weight excluding hydrogens is 749 g/mol. The molecule has 13 rings (SSSR count). The highest BCUT2D eigenvalue weighted by molar-refractivity contribution is 6.14. The molecule has 1 atom stereocenters. The highest BCUT2D eigenvalue weighted by Crippen LogP contribution is 2.57. The van der Waals surface area contributed by atoms with Crippen molar-refractivity contribution in [3.05, 3.63) is 275 Å². The van der Waals surface area contributed by atoms with Gasteiger partial charge >= 0.3 is 0 Å². The van der Waals surface area contributed by atoms with Gasteiger partial charge in [-0.15, -0.1) is 0 Å². The van der Waals surface area contributed by atoms with Gasteiger partial charge in [0.05, 0.1) is 5.41 Å². The third-order valence-electron chi connectivity index (χ3n) is 13.9. The second-order valence-electron chi connectivity index (χ2n) is 17.0. The van der Waals surface area contributed by atoms with Crippen molar-refractivity contribution in [2.24, 2.45) is 0 Å². The molecule has 0 amide bonds. The Morgan fingerprint density at radius 2 is 1.00 bits per heavy atom. The molecule has 10 aromatic carbocycles. The predicted octanol–water partition coefficient (Wildman–Crippen LogP) is 15.5. The van der Waals surface area contributed by atoms with Crippen molar-refractivity contribution in [1.29, 1.82) is 0 Å². The lowest BCUT2D eigenvalue weighted by Crippen LogP contribution is -2.28. The Kier molecular flexibility index (Phi) is 7.71. The summed E-state index contributed by atoms with van der Waals surface area (Å²) in [5, 5.41) is 4.80. The summed E-state index contributed by atoms with van der Waals surface area (Å²) >= 11 is 0. The van der Waals surface area contributed by atoms with Crippen molar-refractivity contribution < 1.29 is 4.42 Å². The van der Waals surface area contributed by atoms with Gasteiger partial charge in [-0.05, 0) is 107 Å². The zero-order valence-electron chi connectivity index (χ0n) is 34.1. The number of para-hydroxylation sites is 2. The largest absolute Gasteiger partial charge is 0.455 e. The Morgan fingerprint density at radius 1 is 0.387 bits per heavy atom. The quantitative estimate of drug-likeness (QED) is 0.153. The topological polar surface area (TPSA) is 13.1 Å². The van der Waals surface area contributed by atoms with Crippen LogP contribution < -0.4 is 0 Å². The second kappa shape index (κ2) is 13.6. The van der Waals surface area contributed by atoms with E-state index < -0.39 is 5.41 Å². The minimum atomic E-state index is -0.479. The molecule has 1 heterocycles. The molecule has 290 valence electrons. The van der Waals surface area contributed by atoms with E-state index in [4.69, 9.17) is 4.42 Å². The number of hydrogen-bond donors (Lipinski definition) is 0. The van der Waals surface area contributed by atoms with Gasteiger partial charge in [-0.3, -0.25) is 0 Å². The summed E-state index contributed by atoms with van der Waals surface area (Å²) in [5.41, 5.74) is 20.9. The number of rotatable bonds is 6. The summed E-state index contributed by atoms with van der Waals surface area (Å²) < 4.78 is 6.74. The average Bonchev–Trinajstić information content (AvgIpc) is 4.01. The van der Waals surface area contributed by atoms with Gasteiger partial charge in [-0.25, -0.2) is 0 Å². The first kappa shape index (κ1) is 35.1. The zero-order valence-corrected chi connectivity index (χ0v) is 34.1. The van der Waals surface area contributed by atoms with E-state index in [2.05, 4.69) is 224 Å². The lowest BCUT2D eigenvalue weighted by molar-refractivity contribution is 0.670. The molecule has 1 nitrogen and oxygen atoms in total. The minimum absolute atomic E-state index is 0.00427. The Bertz CT molecular complexity index is 3500. The number of benzene rings is 10. The van der Waals surface area contributed by atoms with Crippen LogP contribution in [0, 0.1) is 0 Å². The molecule has 0 aliphatic heterocycles. The SMILES string of the molecule is c1ccc(C(c2ccc3c(c2)C(c2ccccc2)(c2ccccc2)c2ccccc2-3)c2cccc3c2Cc2c-3cc3ccccc3c2-c2cccc3c2oc2ccccc23)cc1. The van der Waals surface area contributed by atoms with Gasteiger partial charge in [-0.2, -0.15) is 0 Å². The Hall–Kier alpha value is -7.74. The summed E-state index contributed by atoms with van der Waals surface area (Å²) in [6, 6.07) is 83.3. The van der Waals surface area contributed by atoms with Crippen LogP contribution in [0.15, 0.2) is 229 Å². The highest BCUT2D eigenvalue weighted by Gasteiger charge is 2.46. The molecule has 1 unspecified atom stereocenters. The molecule has 2 aliphatic carbocycles. The summed E-state index contributed by atoms with van der Waals surface area (Å²) in [7, 11) is 0. The van der Waals surface area contributed by atoms with Gasteiger partial charge < -0.3 is 4.42 Å². The molecule has 1 aromatic heterocycles. The maximum Gasteiger partial charge on any atom is 0.143 e. The smallest absolute Gasteiger partial charge is 0.143 e. The maximum absolute atomic E-state index is 6.74. The summed E-state index contributed by atoms with van der Waals surface area (Å²) in [6.07, 6.45) is 0.829. The van der Waals surface area contributed by atoms with Crippen molar-refractivity contribution in [2.45, 2.75) is 17.8 Å². The molecule has 11 aromatic rings. The molecule has 0 radical (unpaired) electrons. The molecule has 2 aliphatic rings. The van der Waals surface area contributed by atoms with Gasteiger partial charge in [0.15, 0.2) is 0 Å². The van der Waals surface area contributed by atoms with Gasteiger partial charge in [0.1, 0.15) is 11.2 Å². The molecule has 0 saturated carbocycles. The second-order valence-corrected chi connectivity index (χ2v) is 17.0. The third kappa shape index (κ3) is 4.97. The number of hydrogen-bond acceptors (Lipinski definition) is 1. The van der Waals surface area contributed by atoms with Gasteiger partial charge in [0.25, 0.3) is 0 Å². The molecule has 0 saturated heterocycles. The first-order valence-corrected chi connectivity index (χ1v) is 21.7. The molecule has 0 N–H and O–H groups in total. The molecule has 1 heteroatoms. The highest BCUT2D eigenvalue weighted by atomic mass is 16.3. The van der Waals surface area contributed by atoms with Crippen LogP contribution in [0.3, 0.4) is 0 Å². The van der Waals surface area contributed by atoms with E-state index >= 15 is 0 Å². The van der Waals surface area contributed by atoms with E-state index in [1.807, 2.05) is 0 Å². The van der Waals surface area contributed by atoms with Crippen LogP contribution in [-0.2, 0) is 11.8 Å². The fourth-order valence-corrected chi connectivity index (χ4v) is 11.4. The minimum Gasteiger partial charge on any atom is -0.455 e. The number of furan rings is 1. The normalized spacial score (nSPS) is 13.8. The van der Waals surface area contributed by atoms with E-state index in [-0.39, 0.29) is 5.92 Å². The molecule has 0 spiro atoms. The Balaban J connectivity index is 1.04.